The molecule has 0 atom stereocenters. The predicted octanol–water partition coefficient (Wildman–Crippen LogP) is 5.14. The number of furan rings is 1. The SMILES string of the molecule is Fc1cccc(Cl)c1Cn1c(-c2ccco2)nc2ccccc21. The molecule has 0 bridgehead atoms. The van der Waals surface area contributed by atoms with Gasteiger partial charge in [0, 0.05) is 10.6 Å². The molecule has 0 saturated heterocycles. The van der Waals surface area contributed by atoms with Gasteiger partial charge >= 0.3 is 0 Å². The van der Waals surface area contributed by atoms with E-state index in [9.17, 15) is 4.39 Å². The van der Waals surface area contributed by atoms with Gasteiger partial charge in [-0.05, 0) is 36.4 Å². The highest BCUT2D eigenvalue weighted by Gasteiger charge is 2.17. The first-order valence-corrected chi connectivity index (χ1v) is 7.54. The zero-order chi connectivity index (χ0) is 15.8. The summed E-state index contributed by atoms with van der Waals surface area (Å²) in [5, 5.41) is 0.396. The van der Waals surface area contributed by atoms with Gasteiger partial charge in [0.25, 0.3) is 0 Å². The van der Waals surface area contributed by atoms with Crippen LogP contribution in [0.4, 0.5) is 4.39 Å². The van der Waals surface area contributed by atoms with Gasteiger partial charge in [0.2, 0.25) is 0 Å². The van der Waals surface area contributed by atoms with Crippen molar-refractivity contribution in [2.75, 3.05) is 0 Å². The van der Waals surface area contributed by atoms with Crippen LogP contribution in [0.15, 0.2) is 65.3 Å². The minimum absolute atomic E-state index is 0.280. The fourth-order valence-corrected chi connectivity index (χ4v) is 2.89. The molecule has 23 heavy (non-hydrogen) atoms. The molecule has 3 nitrogen and oxygen atoms in total. The summed E-state index contributed by atoms with van der Waals surface area (Å²) in [6.07, 6.45) is 1.59. The van der Waals surface area contributed by atoms with E-state index in [1.807, 2.05) is 34.9 Å². The van der Waals surface area contributed by atoms with Crippen molar-refractivity contribution >= 4 is 22.6 Å². The largest absolute Gasteiger partial charge is 0.461 e. The molecule has 114 valence electrons. The minimum atomic E-state index is -0.333. The number of nitrogens with zero attached hydrogens (tertiary/aromatic N) is 2. The fourth-order valence-electron chi connectivity index (χ4n) is 2.67. The van der Waals surface area contributed by atoms with Crippen molar-refractivity contribution in [2.24, 2.45) is 0 Å². The average Bonchev–Trinajstić information content (AvgIpc) is 3.19. The van der Waals surface area contributed by atoms with Gasteiger partial charge in [0.05, 0.1) is 23.8 Å². The number of hydrogen-bond acceptors (Lipinski definition) is 2. The van der Waals surface area contributed by atoms with E-state index in [-0.39, 0.29) is 12.4 Å². The second-order valence-electron chi connectivity index (χ2n) is 5.19. The molecule has 2 aromatic carbocycles. The molecule has 0 unspecified atom stereocenters. The van der Waals surface area contributed by atoms with Gasteiger partial charge in [-0.25, -0.2) is 9.37 Å². The van der Waals surface area contributed by atoms with Crippen molar-refractivity contribution in [1.29, 1.82) is 0 Å². The normalized spacial score (nSPS) is 11.2. The van der Waals surface area contributed by atoms with Crippen LogP contribution in [0.1, 0.15) is 5.56 Å². The lowest BCUT2D eigenvalue weighted by Gasteiger charge is -2.10. The lowest BCUT2D eigenvalue weighted by Crippen LogP contribution is -2.04. The number of aromatic nitrogens is 2. The van der Waals surface area contributed by atoms with E-state index >= 15 is 0 Å². The maximum Gasteiger partial charge on any atom is 0.177 e. The topological polar surface area (TPSA) is 31.0 Å². The Morgan fingerprint density at radius 2 is 1.91 bits per heavy atom. The molecular formula is C18H12ClFN2O. The lowest BCUT2D eigenvalue weighted by molar-refractivity contribution is 0.569. The second kappa shape index (κ2) is 5.56. The smallest absolute Gasteiger partial charge is 0.177 e. The van der Waals surface area contributed by atoms with Crippen LogP contribution in [-0.2, 0) is 6.54 Å². The molecule has 0 radical (unpaired) electrons. The molecule has 0 fully saturated rings. The Bertz CT molecular complexity index is 956. The molecule has 4 aromatic rings. The minimum Gasteiger partial charge on any atom is -0.461 e. The molecule has 0 amide bonds. The van der Waals surface area contributed by atoms with E-state index in [2.05, 4.69) is 4.98 Å². The van der Waals surface area contributed by atoms with Gasteiger partial charge in [-0.2, -0.15) is 0 Å². The summed E-state index contributed by atoms with van der Waals surface area (Å²) in [4.78, 5) is 4.61. The van der Waals surface area contributed by atoms with E-state index in [0.29, 0.717) is 22.2 Å². The molecular weight excluding hydrogens is 315 g/mol. The average molecular weight is 327 g/mol. The van der Waals surface area contributed by atoms with E-state index in [1.54, 1.807) is 24.5 Å². The summed E-state index contributed by atoms with van der Waals surface area (Å²) in [5.74, 6) is 0.949. The molecule has 5 heteroatoms. The Morgan fingerprint density at radius 1 is 1.04 bits per heavy atom. The number of para-hydroxylation sites is 2. The van der Waals surface area contributed by atoms with Crippen molar-refractivity contribution in [2.45, 2.75) is 6.54 Å². The van der Waals surface area contributed by atoms with E-state index in [1.165, 1.54) is 6.07 Å². The van der Waals surface area contributed by atoms with Crippen LogP contribution >= 0.6 is 11.6 Å². The van der Waals surface area contributed by atoms with Gasteiger partial charge in [-0.15, -0.1) is 0 Å². The van der Waals surface area contributed by atoms with Crippen LogP contribution in [0, 0.1) is 5.82 Å². The number of fused-ring (bicyclic) bond motifs is 1. The van der Waals surface area contributed by atoms with Crippen LogP contribution in [0.2, 0.25) is 5.02 Å². The van der Waals surface area contributed by atoms with Gasteiger partial charge in [0.1, 0.15) is 5.82 Å². The maximum absolute atomic E-state index is 14.2. The monoisotopic (exact) mass is 326 g/mol. The van der Waals surface area contributed by atoms with Crippen LogP contribution in [-0.4, -0.2) is 9.55 Å². The molecule has 2 heterocycles. The summed E-state index contributed by atoms with van der Waals surface area (Å²) >= 11 is 6.18. The van der Waals surface area contributed by atoms with Gasteiger partial charge < -0.3 is 8.98 Å². The highest BCUT2D eigenvalue weighted by atomic mass is 35.5. The predicted molar refractivity (Wildman–Crippen MR) is 87.9 cm³/mol. The van der Waals surface area contributed by atoms with Crippen molar-refractivity contribution in [1.82, 2.24) is 9.55 Å². The quantitative estimate of drug-likeness (QED) is 0.522. The van der Waals surface area contributed by atoms with Crippen molar-refractivity contribution in [3.8, 4) is 11.6 Å². The molecule has 0 N–H and O–H groups in total. The molecule has 0 aliphatic heterocycles. The van der Waals surface area contributed by atoms with Crippen LogP contribution in [0.5, 0.6) is 0 Å². The summed E-state index contributed by atoms with van der Waals surface area (Å²) in [7, 11) is 0. The van der Waals surface area contributed by atoms with Gasteiger partial charge in [-0.3, -0.25) is 0 Å². The first-order valence-electron chi connectivity index (χ1n) is 7.16. The molecule has 0 spiro atoms. The zero-order valence-electron chi connectivity index (χ0n) is 12.0. The Balaban J connectivity index is 1.93. The van der Waals surface area contributed by atoms with Gasteiger partial charge in [-0.1, -0.05) is 29.8 Å². The lowest BCUT2D eigenvalue weighted by atomic mass is 10.2. The number of imidazole rings is 1. The third kappa shape index (κ3) is 2.41. The molecule has 0 aliphatic rings. The van der Waals surface area contributed by atoms with Crippen LogP contribution in [0.3, 0.4) is 0 Å². The van der Waals surface area contributed by atoms with E-state index in [0.717, 1.165) is 11.0 Å². The highest BCUT2D eigenvalue weighted by Crippen LogP contribution is 2.28. The Labute approximate surface area is 136 Å². The Morgan fingerprint density at radius 3 is 2.70 bits per heavy atom. The number of hydrogen-bond donors (Lipinski definition) is 0. The first kappa shape index (κ1) is 14.0. The highest BCUT2D eigenvalue weighted by molar-refractivity contribution is 6.31. The Kier molecular flexibility index (Phi) is 3.39. The molecule has 0 aliphatic carbocycles. The van der Waals surface area contributed by atoms with Crippen molar-refractivity contribution in [3.05, 3.63) is 77.3 Å². The summed E-state index contributed by atoms with van der Waals surface area (Å²) in [6, 6.07) is 16.0. The Hall–Kier alpha value is -2.59. The fraction of sp³-hybridized carbons (Fsp3) is 0.0556. The van der Waals surface area contributed by atoms with E-state index in [4.69, 9.17) is 16.0 Å². The second-order valence-corrected chi connectivity index (χ2v) is 5.59. The number of halogens is 2. The number of rotatable bonds is 3. The van der Waals surface area contributed by atoms with Crippen molar-refractivity contribution in [3.63, 3.8) is 0 Å². The van der Waals surface area contributed by atoms with Crippen LogP contribution < -0.4 is 0 Å². The summed E-state index contributed by atoms with van der Waals surface area (Å²) in [6.45, 7) is 0.280. The number of benzene rings is 2. The molecule has 2 aromatic heterocycles. The zero-order valence-corrected chi connectivity index (χ0v) is 12.8. The molecule has 4 rings (SSSR count). The van der Waals surface area contributed by atoms with Crippen molar-refractivity contribution < 1.29 is 8.81 Å². The summed E-state index contributed by atoms with van der Waals surface area (Å²) < 4.78 is 21.6. The maximum atomic E-state index is 14.2. The first-order chi connectivity index (χ1) is 11.2. The summed E-state index contributed by atoms with van der Waals surface area (Å²) in [5.41, 5.74) is 2.16. The standard InChI is InChI=1S/C18H12ClFN2O/c19-13-5-3-6-14(20)12(13)11-22-16-8-2-1-7-15(16)21-18(22)17-9-4-10-23-17/h1-10H,11H2. The molecule has 0 saturated carbocycles. The van der Waals surface area contributed by atoms with Crippen LogP contribution in [0.25, 0.3) is 22.6 Å². The third-order valence-electron chi connectivity index (χ3n) is 3.77. The van der Waals surface area contributed by atoms with Gasteiger partial charge in [0.15, 0.2) is 11.6 Å². The third-order valence-corrected chi connectivity index (χ3v) is 4.13. The van der Waals surface area contributed by atoms with E-state index < -0.39 is 0 Å².